The first-order valence-electron chi connectivity index (χ1n) is 11.1. The van der Waals surface area contributed by atoms with Gasteiger partial charge in [-0.3, -0.25) is 0 Å². The van der Waals surface area contributed by atoms with Gasteiger partial charge in [0.15, 0.2) is 0 Å². The fourth-order valence-corrected chi connectivity index (χ4v) is 3.97. The van der Waals surface area contributed by atoms with Gasteiger partial charge in [-0.15, -0.1) is 0 Å². The molecule has 0 aliphatic carbocycles. The molecule has 0 bridgehead atoms. The number of aliphatic hydroxyl groups excluding tert-OH is 1. The molecule has 1 saturated heterocycles. The Hall–Kier alpha value is -3.16. The number of nitrogens with zero attached hydrogens (tertiary/aromatic N) is 1. The molecule has 0 amide bonds. The molecular formula is C26H33NO6. The van der Waals surface area contributed by atoms with Crippen LogP contribution in [0, 0.1) is 11.8 Å². The van der Waals surface area contributed by atoms with Crippen LogP contribution in [0.4, 0.5) is 0 Å². The second kappa shape index (κ2) is 13.4. The summed E-state index contributed by atoms with van der Waals surface area (Å²) in [6.07, 6.45) is 4.28. The number of phenolic OH excluding ortho intramolecular Hbond substituents is 1. The SMILES string of the molecule is C[C@@H](CN1CCC(Cc2ccccc2)CC1)[C@@H](O)c1ccc(O)cc1.O=C(O)/C=C/C(=O)O. The molecular weight excluding hydrogens is 422 g/mol. The number of aliphatic carboxylic acids is 2. The number of hydrogen-bond acceptors (Lipinski definition) is 5. The van der Waals surface area contributed by atoms with Crippen molar-refractivity contribution in [2.75, 3.05) is 19.6 Å². The molecule has 1 aliphatic rings. The van der Waals surface area contributed by atoms with Gasteiger partial charge < -0.3 is 25.3 Å². The van der Waals surface area contributed by atoms with Gasteiger partial charge in [-0.2, -0.15) is 0 Å². The molecule has 3 rings (SSSR count). The molecule has 33 heavy (non-hydrogen) atoms. The fraction of sp³-hybridized carbons (Fsp3) is 0.385. The van der Waals surface area contributed by atoms with Crippen molar-refractivity contribution in [3.8, 4) is 5.75 Å². The lowest BCUT2D eigenvalue weighted by atomic mass is 9.89. The average molecular weight is 456 g/mol. The summed E-state index contributed by atoms with van der Waals surface area (Å²) in [6, 6.07) is 17.7. The Balaban J connectivity index is 0.000000414. The summed E-state index contributed by atoms with van der Waals surface area (Å²) in [5.74, 6) is -1.32. The van der Waals surface area contributed by atoms with Crippen LogP contribution in [0.3, 0.4) is 0 Å². The Bertz CT molecular complexity index is 873. The lowest BCUT2D eigenvalue weighted by Gasteiger charge is -2.34. The normalized spacial score (nSPS) is 16.5. The lowest BCUT2D eigenvalue weighted by Crippen LogP contribution is -2.38. The molecule has 7 nitrogen and oxygen atoms in total. The number of aromatic hydroxyl groups is 1. The van der Waals surface area contributed by atoms with Crippen LogP contribution in [0.1, 0.15) is 37.0 Å². The Morgan fingerprint density at radius 3 is 2.03 bits per heavy atom. The number of piperidine rings is 1. The Labute approximate surface area is 194 Å². The third-order valence-electron chi connectivity index (χ3n) is 5.76. The molecule has 1 aliphatic heterocycles. The van der Waals surface area contributed by atoms with Crippen molar-refractivity contribution in [2.24, 2.45) is 11.8 Å². The molecule has 1 heterocycles. The number of carboxylic acid groups (broad SMARTS) is 2. The third-order valence-corrected chi connectivity index (χ3v) is 5.76. The minimum absolute atomic E-state index is 0.176. The number of carbonyl (C=O) groups is 2. The zero-order chi connectivity index (χ0) is 24.2. The standard InChI is InChI=1S/C22H29NO2.C4H4O4/c1-17(22(25)20-7-9-21(24)10-8-20)16-23-13-11-19(12-14-23)15-18-5-3-2-4-6-18;5-3(6)1-2-4(7)8/h2-10,17,19,22,24-25H,11-16H2,1H3;1-2H,(H,5,6)(H,7,8)/b;2-1+/t17-,22+;/m0./s1. The van der Waals surface area contributed by atoms with E-state index in [0.29, 0.717) is 12.2 Å². The van der Waals surface area contributed by atoms with Gasteiger partial charge in [0.25, 0.3) is 0 Å². The van der Waals surface area contributed by atoms with Crippen molar-refractivity contribution < 1.29 is 30.0 Å². The first-order chi connectivity index (χ1) is 15.7. The van der Waals surface area contributed by atoms with Crippen LogP contribution < -0.4 is 0 Å². The predicted molar refractivity (Wildman–Crippen MR) is 126 cm³/mol. The van der Waals surface area contributed by atoms with E-state index in [0.717, 1.165) is 31.1 Å². The monoisotopic (exact) mass is 455 g/mol. The second-order valence-corrected chi connectivity index (χ2v) is 8.46. The summed E-state index contributed by atoms with van der Waals surface area (Å²) in [6.45, 7) is 5.25. The maximum Gasteiger partial charge on any atom is 0.328 e. The highest BCUT2D eigenvalue weighted by molar-refractivity contribution is 5.89. The van der Waals surface area contributed by atoms with Gasteiger partial charge in [-0.05, 0) is 67.4 Å². The van der Waals surface area contributed by atoms with E-state index in [1.54, 1.807) is 12.1 Å². The average Bonchev–Trinajstić information content (AvgIpc) is 2.80. The molecule has 7 heteroatoms. The molecule has 2 aromatic rings. The summed E-state index contributed by atoms with van der Waals surface area (Å²) in [4.78, 5) is 21.6. The van der Waals surface area contributed by atoms with Crippen molar-refractivity contribution in [2.45, 2.75) is 32.3 Å². The summed E-state index contributed by atoms with van der Waals surface area (Å²) in [5.41, 5.74) is 2.32. The van der Waals surface area contributed by atoms with Gasteiger partial charge in [0.05, 0.1) is 6.10 Å². The Morgan fingerprint density at radius 1 is 0.970 bits per heavy atom. The minimum Gasteiger partial charge on any atom is -0.508 e. The number of likely N-dealkylation sites (tertiary alicyclic amines) is 1. The van der Waals surface area contributed by atoms with Crippen molar-refractivity contribution in [1.82, 2.24) is 4.90 Å². The van der Waals surface area contributed by atoms with Crippen LogP contribution in [-0.2, 0) is 16.0 Å². The number of carboxylic acids is 2. The van der Waals surface area contributed by atoms with E-state index < -0.39 is 18.0 Å². The quantitative estimate of drug-likeness (QED) is 0.448. The highest BCUT2D eigenvalue weighted by atomic mass is 16.4. The lowest BCUT2D eigenvalue weighted by molar-refractivity contribution is -0.134. The van der Waals surface area contributed by atoms with E-state index in [1.807, 2.05) is 12.1 Å². The Morgan fingerprint density at radius 2 is 1.52 bits per heavy atom. The number of hydrogen-bond donors (Lipinski definition) is 4. The number of aliphatic hydroxyl groups is 1. The van der Waals surface area contributed by atoms with Crippen LogP contribution >= 0.6 is 0 Å². The summed E-state index contributed by atoms with van der Waals surface area (Å²) in [7, 11) is 0. The van der Waals surface area contributed by atoms with E-state index in [2.05, 4.69) is 42.2 Å². The highest BCUT2D eigenvalue weighted by Crippen LogP contribution is 2.27. The third kappa shape index (κ3) is 9.89. The van der Waals surface area contributed by atoms with Gasteiger partial charge in [-0.25, -0.2) is 9.59 Å². The van der Waals surface area contributed by atoms with Gasteiger partial charge in [0, 0.05) is 18.7 Å². The molecule has 0 radical (unpaired) electrons. The van der Waals surface area contributed by atoms with Crippen LogP contribution in [0.2, 0.25) is 0 Å². The van der Waals surface area contributed by atoms with Crippen LogP contribution in [-0.4, -0.2) is 56.9 Å². The van der Waals surface area contributed by atoms with Gasteiger partial charge >= 0.3 is 11.9 Å². The van der Waals surface area contributed by atoms with E-state index >= 15 is 0 Å². The van der Waals surface area contributed by atoms with E-state index in [9.17, 15) is 19.8 Å². The summed E-state index contributed by atoms with van der Waals surface area (Å²) >= 11 is 0. The van der Waals surface area contributed by atoms with Crippen molar-refractivity contribution in [3.63, 3.8) is 0 Å². The predicted octanol–water partition coefficient (Wildman–Crippen LogP) is 3.73. The van der Waals surface area contributed by atoms with Crippen molar-refractivity contribution >= 4 is 11.9 Å². The molecule has 0 spiro atoms. The summed E-state index contributed by atoms with van der Waals surface area (Å²) < 4.78 is 0. The Kier molecular flexibility index (Phi) is 10.6. The maximum absolute atomic E-state index is 10.5. The molecule has 0 saturated carbocycles. The zero-order valence-corrected chi connectivity index (χ0v) is 18.9. The number of rotatable bonds is 8. The highest BCUT2D eigenvalue weighted by Gasteiger charge is 2.24. The zero-order valence-electron chi connectivity index (χ0n) is 18.9. The van der Waals surface area contributed by atoms with E-state index in [-0.39, 0.29) is 11.7 Å². The first-order valence-corrected chi connectivity index (χ1v) is 11.1. The second-order valence-electron chi connectivity index (χ2n) is 8.46. The fourth-order valence-electron chi connectivity index (χ4n) is 3.97. The molecule has 0 aromatic heterocycles. The van der Waals surface area contributed by atoms with Crippen LogP contribution in [0.5, 0.6) is 5.75 Å². The number of benzene rings is 2. The smallest absolute Gasteiger partial charge is 0.328 e. The molecule has 4 N–H and O–H groups in total. The van der Waals surface area contributed by atoms with Crippen LogP contribution in [0.25, 0.3) is 0 Å². The number of phenols is 1. The molecule has 2 atom stereocenters. The van der Waals surface area contributed by atoms with E-state index in [4.69, 9.17) is 10.2 Å². The van der Waals surface area contributed by atoms with Crippen molar-refractivity contribution in [3.05, 3.63) is 77.9 Å². The van der Waals surface area contributed by atoms with E-state index in [1.165, 1.54) is 24.8 Å². The first kappa shape index (κ1) is 26.1. The van der Waals surface area contributed by atoms with Gasteiger partial charge in [0.2, 0.25) is 0 Å². The molecule has 1 fully saturated rings. The molecule has 0 unspecified atom stereocenters. The van der Waals surface area contributed by atoms with Gasteiger partial charge in [-0.1, -0.05) is 49.4 Å². The molecule has 2 aromatic carbocycles. The largest absolute Gasteiger partial charge is 0.508 e. The molecule has 178 valence electrons. The van der Waals surface area contributed by atoms with Gasteiger partial charge in [0.1, 0.15) is 5.75 Å². The summed E-state index contributed by atoms with van der Waals surface area (Å²) in [5, 5.41) is 35.6. The minimum atomic E-state index is -1.26. The van der Waals surface area contributed by atoms with Crippen molar-refractivity contribution in [1.29, 1.82) is 0 Å². The maximum atomic E-state index is 10.5. The van der Waals surface area contributed by atoms with Crippen LogP contribution in [0.15, 0.2) is 66.7 Å². The topological polar surface area (TPSA) is 118 Å².